The van der Waals surface area contributed by atoms with Crippen LogP contribution in [0, 0.1) is 17.3 Å². The first-order chi connectivity index (χ1) is 12.7. The summed E-state index contributed by atoms with van der Waals surface area (Å²) in [5, 5.41) is 11.5. The molecule has 4 nitrogen and oxygen atoms in total. The molecular formula is C19H15F4N3O. The molecule has 0 aromatic heterocycles. The third-order valence-corrected chi connectivity index (χ3v) is 4.43. The normalized spacial score (nSPS) is 13.7. The number of fused-ring (bicyclic) bond motifs is 1. The van der Waals surface area contributed by atoms with Crippen molar-refractivity contribution in [2.75, 3.05) is 11.9 Å². The van der Waals surface area contributed by atoms with Gasteiger partial charge in [-0.25, -0.2) is 4.39 Å². The SMILES string of the molecule is CC(=O)Nc1ccc(C(F)(F)F)c(F)c1-c1cccc2c1CCN(C#N)C2. The van der Waals surface area contributed by atoms with Crippen LogP contribution < -0.4 is 5.32 Å². The summed E-state index contributed by atoms with van der Waals surface area (Å²) < 4.78 is 54.6. The van der Waals surface area contributed by atoms with E-state index in [1.54, 1.807) is 12.1 Å². The fourth-order valence-electron chi connectivity index (χ4n) is 3.28. The van der Waals surface area contributed by atoms with Crippen molar-refractivity contribution in [2.24, 2.45) is 0 Å². The van der Waals surface area contributed by atoms with Gasteiger partial charge in [-0.1, -0.05) is 18.2 Å². The van der Waals surface area contributed by atoms with E-state index < -0.39 is 23.5 Å². The number of nitrogens with zero attached hydrogens (tertiary/aromatic N) is 2. The van der Waals surface area contributed by atoms with Crippen LogP contribution in [-0.4, -0.2) is 17.4 Å². The molecule has 8 heteroatoms. The maximum atomic E-state index is 14.9. The Labute approximate surface area is 153 Å². The summed E-state index contributed by atoms with van der Waals surface area (Å²) in [7, 11) is 0. The van der Waals surface area contributed by atoms with Crippen LogP contribution in [-0.2, 0) is 23.9 Å². The molecule has 1 heterocycles. The molecule has 1 aliphatic heterocycles. The number of nitrogens with one attached hydrogen (secondary N) is 1. The van der Waals surface area contributed by atoms with E-state index in [9.17, 15) is 22.4 Å². The third-order valence-electron chi connectivity index (χ3n) is 4.43. The molecule has 2 aromatic rings. The topological polar surface area (TPSA) is 56.1 Å². The molecule has 0 spiro atoms. The Morgan fingerprint density at radius 2 is 2.00 bits per heavy atom. The zero-order valence-electron chi connectivity index (χ0n) is 14.3. The van der Waals surface area contributed by atoms with E-state index in [1.165, 1.54) is 17.9 Å². The van der Waals surface area contributed by atoms with Crippen LogP contribution in [0.2, 0.25) is 0 Å². The summed E-state index contributed by atoms with van der Waals surface area (Å²) in [5.41, 5.74) is 0.00205. The zero-order chi connectivity index (χ0) is 19.8. The molecule has 1 N–H and O–H groups in total. The quantitative estimate of drug-likeness (QED) is 0.627. The first-order valence-electron chi connectivity index (χ1n) is 8.15. The smallest absolute Gasteiger partial charge is 0.326 e. The number of rotatable bonds is 2. The number of alkyl halides is 3. The largest absolute Gasteiger partial charge is 0.419 e. The summed E-state index contributed by atoms with van der Waals surface area (Å²) in [5.74, 6) is -1.94. The van der Waals surface area contributed by atoms with Crippen LogP contribution in [0.15, 0.2) is 30.3 Å². The van der Waals surface area contributed by atoms with E-state index >= 15 is 0 Å². The summed E-state index contributed by atoms with van der Waals surface area (Å²) in [4.78, 5) is 13.0. The second-order valence-corrected chi connectivity index (χ2v) is 6.24. The van der Waals surface area contributed by atoms with E-state index in [0.717, 1.165) is 11.6 Å². The van der Waals surface area contributed by atoms with Gasteiger partial charge in [-0.05, 0) is 35.2 Å². The highest BCUT2D eigenvalue weighted by molar-refractivity contribution is 5.95. The highest BCUT2D eigenvalue weighted by Crippen LogP contribution is 2.41. The Bertz CT molecular complexity index is 947. The van der Waals surface area contributed by atoms with Gasteiger partial charge in [0.15, 0.2) is 6.19 Å². The fraction of sp³-hybridized carbons (Fsp3) is 0.263. The molecule has 0 bridgehead atoms. The Morgan fingerprint density at radius 1 is 1.26 bits per heavy atom. The molecule has 27 heavy (non-hydrogen) atoms. The van der Waals surface area contributed by atoms with Gasteiger partial charge in [-0.15, -0.1) is 0 Å². The number of halogens is 4. The van der Waals surface area contributed by atoms with Gasteiger partial charge in [0.1, 0.15) is 5.82 Å². The van der Waals surface area contributed by atoms with Gasteiger partial charge < -0.3 is 10.2 Å². The molecule has 3 rings (SSSR count). The summed E-state index contributed by atoms with van der Waals surface area (Å²) in [6.07, 6.45) is -2.44. The van der Waals surface area contributed by atoms with Crippen molar-refractivity contribution in [1.29, 1.82) is 5.26 Å². The van der Waals surface area contributed by atoms with Gasteiger partial charge >= 0.3 is 6.18 Å². The molecule has 0 saturated carbocycles. The lowest BCUT2D eigenvalue weighted by Crippen LogP contribution is -2.26. The molecule has 0 aliphatic carbocycles. The van der Waals surface area contributed by atoms with Crippen molar-refractivity contribution in [3.63, 3.8) is 0 Å². The Hall–Kier alpha value is -3.08. The lowest BCUT2D eigenvalue weighted by atomic mass is 9.89. The summed E-state index contributed by atoms with van der Waals surface area (Å²) >= 11 is 0. The monoisotopic (exact) mass is 377 g/mol. The molecule has 0 radical (unpaired) electrons. The minimum atomic E-state index is -4.86. The highest BCUT2D eigenvalue weighted by Gasteiger charge is 2.36. The second kappa shape index (κ2) is 6.91. The van der Waals surface area contributed by atoms with E-state index in [2.05, 4.69) is 5.32 Å². The van der Waals surface area contributed by atoms with E-state index in [4.69, 9.17) is 5.26 Å². The van der Waals surface area contributed by atoms with Gasteiger partial charge in [-0.3, -0.25) is 4.79 Å². The van der Waals surface area contributed by atoms with E-state index in [1.807, 2.05) is 6.19 Å². The molecule has 2 aromatic carbocycles. The number of hydrogen-bond donors (Lipinski definition) is 1. The number of anilines is 1. The summed E-state index contributed by atoms with van der Waals surface area (Å²) in [6.45, 7) is 1.89. The van der Waals surface area contributed by atoms with Crippen molar-refractivity contribution in [3.8, 4) is 17.3 Å². The molecule has 1 amide bonds. The van der Waals surface area contributed by atoms with Gasteiger partial charge in [0.25, 0.3) is 0 Å². The van der Waals surface area contributed by atoms with Crippen LogP contribution in [0.4, 0.5) is 23.2 Å². The average Bonchev–Trinajstić information content (AvgIpc) is 2.59. The van der Waals surface area contributed by atoms with Crippen molar-refractivity contribution in [3.05, 3.63) is 52.8 Å². The van der Waals surface area contributed by atoms with Crippen LogP contribution in [0.1, 0.15) is 23.6 Å². The number of amides is 1. The Balaban J connectivity index is 2.25. The number of carbonyl (C=O) groups excluding carboxylic acids is 1. The maximum absolute atomic E-state index is 14.9. The average molecular weight is 377 g/mol. The van der Waals surface area contributed by atoms with Crippen molar-refractivity contribution >= 4 is 11.6 Å². The standard InChI is InChI=1S/C19H15F4N3O/c1-11(27)25-16-6-5-15(19(21,22)23)18(20)17(16)14-4-2-3-12-9-26(10-24)8-7-13(12)14/h2-6H,7-9H2,1H3,(H,25,27). The first-order valence-corrected chi connectivity index (χ1v) is 8.15. The minimum Gasteiger partial charge on any atom is -0.326 e. The Kier molecular flexibility index (Phi) is 4.79. The molecule has 0 saturated heterocycles. The first kappa shape index (κ1) is 18.7. The minimum absolute atomic E-state index is 0.0240. The molecule has 0 fully saturated rings. The predicted octanol–water partition coefficient (Wildman–Crippen LogP) is 4.31. The summed E-state index contributed by atoms with van der Waals surface area (Å²) in [6, 6.07) is 6.58. The number of benzene rings is 2. The van der Waals surface area contributed by atoms with Crippen molar-refractivity contribution in [1.82, 2.24) is 4.90 Å². The van der Waals surface area contributed by atoms with E-state index in [-0.39, 0.29) is 16.8 Å². The van der Waals surface area contributed by atoms with Crippen LogP contribution in [0.25, 0.3) is 11.1 Å². The highest BCUT2D eigenvalue weighted by atomic mass is 19.4. The van der Waals surface area contributed by atoms with Gasteiger partial charge in [-0.2, -0.15) is 18.4 Å². The third kappa shape index (κ3) is 3.58. The van der Waals surface area contributed by atoms with Crippen LogP contribution in [0.5, 0.6) is 0 Å². The van der Waals surface area contributed by atoms with Crippen LogP contribution in [0.3, 0.4) is 0 Å². The molecule has 0 unspecified atom stereocenters. The molecule has 0 atom stereocenters. The lowest BCUT2D eigenvalue weighted by Gasteiger charge is -2.27. The Morgan fingerprint density at radius 3 is 2.63 bits per heavy atom. The van der Waals surface area contributed by atoms with Crippen molar-refractivity contribution in [2.45, 2.75) is 26.1 Å². The fourth-order valence-corrected chi connectivity index (χ4v) is 3.28. The van der Waals surface area contributed by atoms with E-state index in [0.29, 0.717) is 31.1 Å². The number of hydrogen-bond acceptors (Lipinski definition) is 3. The predicted molar refractivity (Wildman–Crippen MR) is 90.9 cm³/mol. The maximum Gasteiger partial charge on any atom is 0.419 e. The van der Waals surface area contributed by atoms with Gasteiger partial charge in [0.05, 0.1) is 17.8 Å². The second-order valence-electron chi connectivity index (χ2n) is 6.24. The van der Waals surface area contributed by atoms with Gasteiger partial charge in [0, 0.05) is 19.0 Å². The van der Waals surface area contributed by atoms with Gasteiger partial charge in [0.2, 0.25) is 5.91 Å². The molecule has 1 aliphatic rings. The zero-order valence-corrected chi connectivity index (χ0v) is 14.3. The number of nitriles is 1. The van der Waals surface area contributed by atoms with Crippen LogP contribution >= 0.6 is 0 Å². The number of carbonyl (C=O) groups is 1. The molecule has 140 valence electrons. The lowest BCUT2D eigenvalue weighted by molar-refractivity contribution is -0.139. The molecular weight excluding hydrogens is 362 g/mol. The van der Waals surface area contributed by atoms with Crippen molar-refractivity contribution < 1.29 is 22.4 Å².